The van der Waals surface area contributed by atoms with Crippen molar-refractivity contribution in [3.63, 3.8) is 0 Å². The molecule has 0 N–H and O–H groups in total. The first-order valence-electron chi connectivity index (χ1n) is 3.37. The Labute approximate surface area is 61.0 Å². The highest BCUT2D eigenvalue weighted by molar-refractivity contribution is 4.29. The van der Waals surface area contributed by atoms with E-state index in [0.717, 1.165) is 0 Å². The molecule has 0 heterocycles. The van der Waals surface area contributed by atoms with Crippen LogP contribution in [0.4, 0.5) is 0 Å². The molecule has 0 amide bonds. The van der Waals surface area contributed by atoms with Crippen LogP contribution in [0.2, 0.25) is 0 Å². The molecule has 0 fully saturated rings. The van der Waals surface area contributed by atoms with Crippen LogP contribution in [0.5, 0.6) is 0 Å². The molecule has 0 unspecified atom stereocenters. The van der Waals surface area contributed by atoms with E-state index < -0.39 is 0 Å². The summed E-state index contributed by atoms with van der Waals surface area (Å²) in [4.78, 5) is 5.24. The summed E-state index contributed by atoms with van der Waals surface area (Å²) in [6, 6.07) is -0.154. The van der Waals surface area contributed by atoms with Crippen molar-refractivity contribution in [2.75, 3.05) is 0 Å². The van der Waals surface area contributed by atoms with E-state index in [-0.39, 0.29) is 12.1 Å². The van der Waals surface area contributed by atoms with E-state index in [1.165, 1.54) is 0 Å². The summed E-state index contributed by atoms with van der Waals surface area (Å²) in [5.41, 5.74) is 0. The third-order valence-corrected chi connectivity index (χ3v) is 0.780. The molecule has 0 aliphatic carbocycles. The molecule has 0 saturated heterocycles. The standard InChI is InChI=1S/C6H14N2O2/c1-5(2)8(9)7-10-6(3)4/h5-6H,1-4H3/b8-7-. The van der Waals surface area contributed by atoms with Gasteiger partial charge in [-0.2, -0.15) is 0 Å². The number of hydrogen-bond donors (Lipinski definition) is 0. The van der Waals surface area contributed by atoms with Gasteiger partial charge in [-0.1, -0.05) is 4.86 Å². The lowest BCUT2D eigenvalue weighted by Crippen LogP contribution is -2.12. The molecule has 4 heteroatoms. The van der Waals surface area contributed by atoms with E-state index in [9.17, 15) is 5.21 Å². The summed E-state index contributed by atoms with van der Waals surface area (Å²) in [5, 5.41) is 14.0. The predicted octanol–water partition coefficient (Wildman–Crippen LogP) is 1.70. The highest BCUT2D eigenvalue weighted by Gasteiger charge is 2.02. The minimum Gasteiger partial charge on any atom is -0.597 e. The van der Waals surface area contributed by atoms with Crippen molar-refractivity contribution in [2.24, 2.45) is 5.28 Å². The summed E-state index contributed by atoms with van der Waals surface area (Å²) in [6.45, 7) is 7.13. The quantitative estimate of drug-likeness (QED) is 0.345. The van der Waals surface area contributed by atoms with Crippen LogP contribution in [0.3, 0.4) is 0 Å². The fourth-order valence-electron chi connectivity index (χ4n) is 0.235. The number of hydroxylamine groups is 1. The lowest BCUT2D eigenvalue weighted by atomic mass is 10.4. The van der Waals surface area contributed by atoms with Crippen molar-refractivity contribution >= 4 is 0 Å². The Balaban J connectivity index is 3.69. The lowest BCUT2D eigenvalue weighted by Gasteiger charge is -2.03. The Kier molecular flexibility index (Phi) is 3.76. The fraction of sp³-hybridized carbons (Fsp3) is 1.00. The maximum atomic E-state index is 10.7. The molecule has 0 radical (unpaired) electrons. The predicted molar refractivity (Wildman–Crippen MR) is 37.4 cm³/mol. The van der Waals surface area contributed by atoms with Crippen molar-refractivity contribution in [1.82, 2.24) is 0 Å². The molecule has 0 aromatic carbocycles. The van der Waals surface area contributed by atoms with Gasteiger partial charge in [-0.25, -0.2) is 0 Å². The smallest absolute Gasteiger partial charge is 0.200 e. The van der Waals surface area contributed by atoms with Gasteiger partial charge in [0.2, 0.25) is 0 Å². The summed E-state index contributed by atoms with van der Waals surface area (Å²) >= 11 is 0. The average molecular weight is 146 g/mol. The molecule has 10 heavy (non-hydrogen) atoms. The van der Waals surface area contributed by atoms with Gasteiger partial charge in [0.05, 0.1) is 0 Å². The van der Waals surface area contributed by atoms with Crippen molar-refractivity contribution < 1.29 is 9.70 Å². The Bertz CT molecular complexity index is 121. The zero-order valence-electron chi connectivity index (χ0n) is 6.87. The van der Waals surface area contributed by atoms with Crippen LogP contribution in [0, 0.1) is 5.21 Å². The molecule has 0 atom stereocenters. The van der Waals surface area contributed by atoms with Gasteiger partial charge in [-0.3, -0.25) is 0 Å². The highest BCUT2D eigenvalue weighted by Crippen LogP contribution is 1.92. The Hall–Kier alpha value is -0.800. The van der Waals surface area contributed by atoms with Crippen LogP contribution in [0.25, 0.3) is 0 Å². The maximum absolute atomic E-state index is 10.7. The number of rotatable bonds is 3. The Morgan fingerprint density at radius 2 is 1.80 bits per heavy atom. The largest absolute Gasteiger partial charge is 0.597 e. The Morgan fingerprint density at radius 3 is 2.10 bits per heavy atom. The second-order valence-corrected chi connectivity index (χ2v) is 2.63. The van der Waals surface area contributed by atoms with Crippen LogP contribution < -0.4 is 0 Å². The van der Waals surface area contributed by atoms with Crippen LogP contribution in [-0.4, -0.2) is 17.0 Å². The van der Waals surface area contributed by atoms with E-state index in [0.29, 0.717) is 4.86 Å². The molecule has 0 aromatic heterocycles. The molecule has 60 valence electrons. The minimum absolute atomic E-state index is 0.0322. The average Bonchev–Trinajstić information content (AvgIpc) is 1.82. The first-order chi connectivity index (χ1) is 4.54. The van der Waals surface area contributed by atoms with Crippen molar-refractivity contribution in [3.8, 4) is 0 Å². The van der Waals surface area contributed by atoms with Gasteiger partial charge in [0.15, 0.2) is 11.3 Å². The van der Waals surface area contributed by atoms with E-state index in [4.69, 9.17) is 4.84 Å². The van der Waals surface area contributed by atoms with Crippen molar-refractivity contribution in [3.05, 3.63) is 5.21 Å². The van der Waals surface area contributed by atoms with Crippen molar-refractivity contribution in [1.29, 1.82) is 0 Å². The zero-order chi connectivity index (χ0) is 8.15. The molecule has 0 aromatic rings. The molecule has 0 aliphatic heterocycles. The summed E-state index contributed by atoms with van der Waals surface area (Å²) in [7, 11) is 0. The monoisotopic (exact) mass is 146 g/mol. The third-order valence-electron chi connectivity index (χ3n) is 0.780. The van der Waals surface area contributed by atoms with Gasteiger partial charge >= 0.3 is 0 Å². The van der Waals surface area contributed by atoms with Gasteiger partial charge in [-0.05, 0) is 13.8 Å². The van der Waals surface area contributed by atoms with Gasteiger partial charge in [-0.15, -0.1) is 0 Å². The number of hydrogen-bond acceptors (Lipinski definition) is 3. The molecule has 0 aliphatic rings. The van der Waals surface area contributed by atoms with Crippen LogP contribution in [0.1, 0.15) is 27.7 Å². The van der Waals surface area contributed by atoms with Gasteiger partial charge in [0.25, 0.3) is 0 Å². The summed E-state index contributed by atoms with van der Waals surface area (Å²) in [6.07, 6.45) is -0.0322. The summed E-state index contributed by atoms with van der Waals surface area (Å²) < 4.78 is 0. The van der Waals surface area contributed by atoms with E-state index >= 15 is 0 Å². The lowest BCUT2D eigenvalue weighted by molar-refractivity contribution is -0.588. The van der Waals surface area contributed by atoms with Gasteiger partial charge in [0.1, 0.15) is 6.10 Å². The molecule has 0 spiro atoms. The van der Waals surface area contributed by atoms with E-state index in [1.54, 1.807) is 13.8 Å². The van der Waals surface area contributed by atoms with E-state index in [2.05, 4.69) is 5.28 Å². The Morgan fingerprint density at radius 1 is 1.30 bits per heavy atom. The van der Waals surface area contributed by atoms with E-state index in [1.807, 2.05) is 13.8 Å². The van der Waals surface area contributed by atoms with Gasteiger partial charge in [0, 0.05) is 13.8 Å². The minimum atomic E-state index is -0.154. The SMILES string of the molecule is CC(C)O/N=[N+](\[O-])C(C)C. The molecule has 0 rings (SSSR count). The second-order valence-electron chi connectivity index (χ2n) is 2.63. The first-order valence-corrected chi connectivity index (χ1v) is 3.37. The summed E-state index contributed by atoms with van der Waals surface area (Å²) in [5.74, 6) is 0. The molecule has 4 nitrogen and oxygen atoms in total. The van der Waals surface area contributed by atoms with Crippen LogP contribution in [-0.2, 0) is 4.84 Å². The zero-order valence-corrected chi connectivity index (χ0v) is 6.87. The van der Waals surface area contributed by atoms with Crippen molar-refractivity contribution in [2.45, 2.75) is 39.8 Å². The highest BCUT2D eigenvalue weighted by atomic mass is 16.7. The van der Waals surface area contributed by atoms with Crippen LogP contribution >= 0.6 is 0 Å². The third kappa shape index (κ3) is 4.12. The fourth-order valence-corrected chi connectivity index (χ4v) is 0.235. The normalized spacial score (nSPS) is 12.8. The second kappa shape index (κ2) is 4.09. The first kappa shape index (κ1) is 9.20. The maximum Gasteiger partial charge on any atom is 0.200 e. The molecule has 0 saturated carbocycles. The molecule has 0 bridgehead atoms. The molecular weight excluding hydrogens is 132 g/mol. The molecular formula is C6H14N2O2. The topological polar surface area (TPSA) is 47.7 Å². The number of nitrogens with zero attached hydrogens (tertiary/aromatic N) is 2. The van der Waals surface area contributed by atoms with Crippen LogP contribution in [0.15, 0.2) is 5.28 Å². The van der Waals surface area contributed by atoms with Gasteiger partial charge < -0.3 is 10.0 Å².